The van der Waals surface area contributed by atoms with Crippen LogP contribution in [0.25, 0.3) is 0 Å². The Bertz CT molecular complexity index is 824. The molecule has 1 saturated carbocycles. The molecule has 28 heavy (non-hydrogen) atoms. The number of ether oxygens (including phenoxy) is 1. The smallest absolute Gasteiger partial charge is 0.317 e. The summed E-state index contributed by atoms with van der Waals surface area (Å²) in [7, 11) is 0. The van der Waals surface area contributed by atoms with Crippen LogP contribution in [0.2, 0.25) is 0 Å². The Balaban J connectivity index is 1.68. The van der Waals surface area contributed by atoms with Crippen LogP contribution in [-0.4, -0.2) is 18.0 Å². The van der Waals surface area contributed by atoms with Crippen molar-refractivity contribution in [3.63, 3.8) is 0 Å². The first-order valence-corrected chi connectivity index (χ1v) is 9.81. The highest BCUT2D eigenvalue weighted by atomic mass is 19.1. The molecule has 0 saturated heterocycles. The fraction of sp³-hybridized carbons (Fsp3) is 0.391. The topological polar surface area (TPSA) is 55.4 Å². The van der Waals surface area contributed by atoms with Gasteiger partial charge in [-0.3, -0.25) is 9.59 Å². The van der Waals surface area contributed by atoms with Crippen molar-refractivity contribution in [1.29, 1.82) is 0 Å². The van der Waals surface area contributed by atoms with Gasteiger partial charge in [0.1, 0.15) is 5.82 Å². The molecule has 0 aromatic heterocycles. The van der Waals surface area contributed by atoms with Gasteiger partial charge < -0.3 is 10.1 Å². The standard InChI is InChI=1S/C23H26FNO3/c1-3-17-6-12-20(13-7-17)25-21(26)16(2)28-22(27)23(14-4-5-15-23)18-8-10-19(24)11-9-18/h6-13,16H,3-5,14-15H2,1-2H3,(H,25,26). The predicted molar refractivity (Wildman–Crippen MR) is 107 cm³/mol. The molecule has 3 rings (SSSR count). The highest BCUT2D eigenvalue weighted by molar-refractivity contribution is 5.96. The first-order chi connectivity index (χ1) is 13.4. The lowest BCUT2D eigenvalue weighted by Crippen LogP contribution is -2.39. The molecule has 0 spiro atoms. The normalized spacial score (nSPS) is 16.4. The van der Waals surface area contributed by atoms with E-state index in [2.05, 4.69) is 12.2 Å². The predicted octanol–water partition coefficient (Wildman–Crippen LogP) is 4.77. The van der Waals surface area contributed by atoms with Crippen molar-refractivity contribution < 1.29 is 18.7 Å². The van der Waals surface area contributed by atoms with Crippen molar-refractivity contribution in [3.05, 3.63) is 65.5 Å². The number of aryl methyl sites for hydroxylation is 1. The Kier molecular flexibility index (Phi) is 6.12. The van der Waals surface area contributed by atoms with Gasteiger partial charge in [0.15, 0.2) is 6.10 Å². The molecule has 1 amide bonds. The summed E-state index contributed by atoms with van der Waals surface area (Å²) in [5.41, 5.74) is 1.80. The van der Waals surface area contributed by atoms with Crippen molar-refractivity contribution in [2.45, 2.75) is 57.5 Å². The lowest BCUT2D eigenvalue weighted by atomic mass is 9.79. The second-order valence-corrected chi connectivity index (χ2v) is 7.38. The Hall–Kier alpha value is -2.69. The molecule has 1 aliphatic rings. The summed E-state index contributed by atoms with van der Waals surface area (Å²) < 4.78 is 18.9. The van der Waals surface area contributed by atoms with E-state index in [0.29, 0.717) is 18.5 Å². The van der Waals surface area contributed by atoms with Gasteiger partial charge in [0, 0.05) is 5.69 Å². The number of anilines is 1. The second-order valence-electron chi connectivity index (χ2n) is 7.38. The van der Waals surface area contributed by atoms with Crippen LogP contribution in [-0.2, 0) is 26.2 Å². The fourth-order valence-electron chi connectivity index (χ4n) is 3.75. The van der Waals surface area contributed by atoms with Crippen LogP contribution >= 0.6 is 0 Å². The maximum atomic E-state index is 13.3. The molecule has 2 aromatic carbocycles. The van der Waals surface area contributed by atoms with Crippen LogP contribution in [0.4, 0.5) is 10.1 Å². The third kappa shape index (κ3) is 4.24. The Morgan fingerprint density at radius 1 is 1.07 bits per heavy atom. The van der Waals surface area contributed by atoms with Crippen molar-refractivity contribution >= 4 is 17.6 Å². The number of amides is 1. The summed E-state index contributed by atoms with van der Waals surface area (Å²) in [4.78, 5) is 25.5. The van der Waals surface area contributed by atoms with E-state index in [1.807, 2.05) is 24.3 Å². The molecule has 2 aromatic rings. The minimum Gasteiger partial charge on any atom is -0.452 e. The summed E-state index contributed by atoms with van der Waals surface area (Å²) in [6.07, 6.45) is 3.09. The maximum Gasteiger partial charge on any atom is 0.317 e. The molecule has 4 nitrogen and oxygen atoms in total. The number of hydrogen-bond acceptors (Lipinski definition) is 3. The van der Waals surface area contributed by atoms with E-state index >= 15 is 0 Å². The van der Waals surface area contributed by atoms with E-state index in [9.17, 15) is 14.0 Å². The molecule has 1 unspecified atom stereocenters. The number of benzene rings is 2. The monoisotopic (exact) mass is 383 g/mol. The van der Waals surface area contributed by atoms with E-state index in [1.54, 1.807) is 19.1 Å². The minimum atomic E-state index is -0.920. The molecule has 1 atom stereocenters. The summed E-state index contributed by atoms with van der Waals surface area (Å²) in [5.74, 6) is -1.13. The van der Waals surface area contributed by atoms with Crippen molar-refractivity contribution in [2.24, 2.45) is 0 Å². The number of hydrogen-bond donors (Lipinski definition) is 1. The lowest BCUT2D eigenvalue weighted by molar-refractivity contribution is -0.159. The molecule has 0 heterocycles. The highest BCUT2D eigenvalue weighted by Gasteiger charge is 2.45. The average molecular weight is 383 g/mol. The van der Waals surface area contributed by atoms with Crippen LogP contribution in [0.3, 0.4) is 0 Å². The molecule has 1 aliphatic carbocycles. The molecule has 1 fully saturated rings. The van der Waals surface area contributed by atoms with Crippen LogP contribution in [0.15, 0.2) is 48.5 Å². The Morgan fingerprint density at radius 2 is 1.68 bits per heavy atom. The van der Waals surface area contributed by atoms with Crippen molar-refractivity contribution in [2.75, 3.05) is 5.32 Å². The molecule has 0 aliphatic heterocycles. The van der Waals surface area contributed by atoms with Gasteiger partial charge in [-0.1, -0.05) is 44.0 Å². The lowest BCUT2D eigenvalue weighted by Gasteiger charge is -2.28. The van der Waals surface area contributed by atoms with Crippen LogP contribution in [0, 0.1) is 5.82 Å². The van der Waals surface area contributed by atoms with Crippen molar-refractivity contribution in [3.8, 4) is 0 Å². The van der Waals surface area contributed by atoms with E-state index in [4.69, 9.17) is 4.74 Å². The van der Waals surface area contributed by atoms with Gasteiger partial charge in [-0.15, -0.1) is 0 Å². The molecule has 5 heteroatoms. The van der Waals surface area contributed by atoms with Crippen molar-refractivity contribution in [1.82, 2.24) is 0 Å². The van der Waals surface area contributed by atoms with Gasteiger partial charge in [0.2, 0.25) is 0 Å². The third-order valence-corrected chi connectivity index (χ3v) is 5.53. The maximum absolute atomic E-state index is 13.3. The first-order valence-electron chi connectivity index (χ1n) is 9.81. The first kappa shape index (κ1) is 20.1. The molecule has 1 N–H and O–H groups in total. The number of halogens is 1. The largest absolute Gasteiger partial charge is 0.452 e. The number of esters is 1. The van der Waals surface area contributed by atoms with E-state index in [0.717, 1.165) is 24.8 Å². The van der Waals surface area contributed by atoms with Crippen LogP contribution in [0.5, 0.6) is 0 Å². The van der Waals surface area contributed by atoms with E-state index < -0.39 is 17.5 Å². The third-order valence-electron chi connectivity index (χ3n) is 5.53. The van der Waals surface area contributed by atoms with Gasteiger partial charge in [0.25, 0.3) is 5.91 Å². The van der Waals surface area contributed by atoms with E-state index in [1.165, 1.54) is 17.7 Å². The Labute approximate surface area is 165 Å². The van der Waals surface area contributed by atoms with Gasteiger partial charge >= 0.3 is 5.97 Å². The summed E-state index contributed by atoms with van der Waals surface area (Å²) >= 11 is 0. The molecule has 0 bridgehead atoms. The molecular formula is C23H26FNO3. The summed E-state index contributed by atoms with van der Waals surface area (Å²) in [6.45, 7) is 3.63. The quantitative estimate of drug-likeness (QED) is 0.731. The fourth-order valence-corrected chi connectivity index (χ4v) is 3.75. The number of carbonyl (C=O) groups excluding carboxylic acids is 2. The van der Waals surface area contributed by atoms with E-state index in [-0.39, 0.29) is 11.7 Å². The van der Waals surface area contributed by atoms with Gasteiger partial charge in [-0.2, -0.15) is 0 Å². The van der Waals surface area contributed by atoms with Gasteiger partial charge in [0.05, 0.1) is 5.41 Å². The number of nitrogens with one attached hydrogen (secondary N) is 1. The molecule has 0 radical (unpaired) electrons. The highest BCUT2D eigenvalue weighted by Crippen LogP contribution is 2.42. The average Bonchev–Trinajstić information content (AvgIpc) is 3.20. The number of carbonyl (C=O) groups is 2. The van der Waals surface area contributed by atoms with Crippen LogP contribution < -0.4 is 5.32 Å². The van der Waals surface area contributed by atoms with Crippen LogP contribution in [0.1, 0.15) is 50.7 Å². The second kappa shape index (κ2) is 8.55. The Morgan fingerprint density at radius 3 is 2.25 bits per heavy atom. The molecular weight excluding hydrogens is 357 g/mol. The minimum absolute atomic E-state index is 0.341. The summed E-state index contributed by atoms with van der Waals surface area (Å²) in [5, 5.41) is 2.78. The zero-order chi connectivity index (χ0) is 20.1. The summed E-state index contributed by atoms with van der Waals surface area (Å²) in [6, 6.07) is 13.6. The number of rotatable bonds is 6. The molecule has 148 valence electrons. The zero-order valence-electron chi connectivity index (χ0n) is 16.3. The SMILES string of the molecule is CCc1ccc(NC(=O)C(C)OC(=O)C2(c3ccc(F)cc3)CCCC2)cc1. The van der Waals surface area contributed by atoms with Gasteiger partial charge in [-0.25, -0.2) is 4.39 Å². The zero-order valence-corrected chi connectivity index (χ0v) is 16.3. The van der Waals surface area contributed by atoms with Gasteiger partial charge in [-0.05, 0) is 61.6 Å².